The predicted molar refractivity (Wildman–Crippen MR) is 147 cm³/mol. The van der Waals surface area contributed by atoms with Crippen molar-refractivity contribution in [1.82, 2.24) is 14.9 Å². The van der Waals surface area contributed by atoms with Gasteiger partial charge < -0.3 is 5.32 Å². The average Bonchev–Trinajstić information content (AvgIpc) is 3.42. The molecule has 1 aromatic carbocycles. The third kappa shape index (κ3) is 4.33. The van der Waals surface area contributed by atoms with Crippen molar-refractivity contribution < 1.29 is 18.4 Å². The fourth-order valence-corrected chi connectivity index (χ4v) is 6.37. The summed E-state index contributed by atoms with van der Waals surface area (Å²) >= 11 is 0. The molecule has 1 aliphatic carbocycles. The summed E-state index contributed by atoms with van der Waals surface area (Å²) in [5, 5.41) is 2.92. The molecule has 2 unspecified atom stereocenters. The number of ketones is 1. The van der Waals surface area contributed by atoms with Gasteiger partial charge in [-0.05, 0) is 67.0 Å². The second-order valence-corrected chi connectivity index (χ2v) is 11.5. The van der Waals surface area contributed by atoms with E-state index in [0.717, 1.165) is 28.5 Å². The zero-order valence-corrected chi connectivity index (χ0v) is 22.8. The number of aryl methyl sites for hydroxylation is 1. The summed E-state index contributed by atoms with van der Waals surface area (Å²) in [4.78, 5) is 41.6. The first kappa shape index (κ1) is 26.4. The molecule has 0 bridgehead atoms. The van der Waals surface area contributed by atoms with Crippen LogP contribution in [-0.2, 0) is 39.9 Å². The number of rotatable bonds is 6. The molecule has 7 nitrogen and oxygen atoms in total. The first-order valence-electron chi connectivity index (χ1n) is 13.7. The highest BCUT2D eigenvalue weighted by Gasteiger charge is 2.51. The lowest BCUT2D eigenvalue weighted by molar-refractivity contribution is -0.120. The summed E-state index contributed by atoms with van der Waals surface area (Å²) < 4.78 is 28.4. The van der Waals surface area contributed by atoms with Gasteiger partial charge in [0, 0.05) is 42.7 Å². The van der Waals surface area contributed by atoms with Crippen LogP contribution >= 0.6 is 0 Å². The van der Waals surface area contributed by atoms with E-state index in [1.165, 1.54) is 12.1 Å². The fraction of sp³-hybridized carbons (Fsp3) is 0.387. The minimum atomic E-state index is -1.07. The summed E-state index contributed by atoms with van der Waals surface area (Å²) in [5.74, 6) is -0.932. The Labute approximate surface area is 231 Å². The lowest BCUT2D eigenvalue weighted by atomic mass is 9.80. The zero-order chi connectivity index (χ0) is 28.2. The maximum absolute atomic E-state index is 14.2. The molecule has 2 aliphatic heterocycles. The largest absolute Gasteiger partial charge is 0.310 e. The Hall–Kier alpha value is -3.85. The minimum absolute atomic E-state index is 0.0371. The highest BCUT2D eigenvalue weighted by Crippen LogP contribution is 2.46. The summed E-state index contributed by atoms with van der Waals surface area (Å²) in [5.41, 5.74) is 3.02. The molecule has 4 heterocycles. The molecular weight excluding hydrogens is 512 g/mol. The van der Waals surface area contributed by atoms with Crippen LogP contribution in [0.15, 0.2) is 53.8 Å². The first-order valence-corrected chi connectivity index (χ1v) is 13.7. The van der Waals surface area contributed by atoms with Crippen molar-refractivity contribution in [1.29, 1.82) is 0 Å². The van der Waals surface area contributed by atoms with Gasteiger partial charge in [0.2, 0.25) is 5.91 Å². The third-order valence-electron chi connectivity index (χ3n) is 8.49. The maximum atomic E-state index is 14.2. The van der Waals surface area contributed by atoms with Crippen molar-refractivity contribution in [3.05, 3.63) is 88.4 Å². The Morgan fingerprint density at radius 2 is 1.85 bits per heavy atom. The Morgan fingerprint density at radius 3 is 2.60 bits per heavy atom. The van der Waals surface area contributed by atoms with Gasteiger partial charge in [-0.15, -0.1) is 0 Å². The van der Waals surface area contributed by atoms with Crippen molar-refractivity contribution in [2.24, 2.45) is 10.9 Å². The zero-order valence-electron chi connectivity index (χ0n) is 22.8. The molecule has 3 aromatic rings. The summed E-state index contributed by atoms with van der Waals surface area (Å²) in [6.45, 7) is 6.23. The summed E-state index contributed by atoms with van der Waals surface area (Å²) in [6, 6.07) is 9.36. The third-order valence-corrected chi connectivity index (χ3v) is 8.49. The van der Waals surface area contributed by atoms with Gasteiger partial charge in [-0.2, -0.15) is 0 Å². The van der Waals surface area contributed by atoms with Crippen molar-refractivity contribution in [3.8, 4) is 0 Å². The number of amides is 1. The van der Waals surface area contributed by atoms with Crippen molar-refractivity contribution in [3.63, 3.8) is 0 Å². The van der Waals surface area contributed by atoms with Crippen LogP contribution in [0.1, 0.15) is 55.1 Å². The number of aliphatic imine (C=N–C) groups is 1. The summed E-state index contributed by atoms with van der Waals surface area (Å²) in [7, 11) is 0. The number of hydrogen-bond donors (Lipinski definition) is 1. The number of halogens is 2. The van der Waals surface area contributed by atoms with Crippen LogP contribution < -0.4 is 5.32 Å². The minimum Gasteiger partial charge on any atom is -0.310 e. The van der Waals surface area contributed by atoms with Crippen LogP contribution in [0.3, 0.4) is 0 Å². The lowest BCUT2D eigenvalue weighted by Crippen LogP contribution is -2.52. The number of benzene rings is 1. The lowest BCUT2D eigenvalue weighted by Gasteiger charge is -2.42. The van der Waals surface area contributed by atoms with Crippen LogP contribution in [0.4, 0.5) is 14.6 Å². The topological polar surface area (TPSA) is 87.6 Å². The Bertz CT molecular complexity index is 1550. The van der Waals surface area contributed by atoms with Gasteiger partial charge in [-0.3, -0.25) is 24.5 Å². The standard InChI is InChI=1S/C31H31F2N5O2/c1-18(2)27-26(39)17-38(30(3,37-27)21-11-22(32)13-23(33)12-21)9-5-6-19-10-20-14-31(15-25(20)35-16-19)24-7-4-8-34-28(24)36-29(31)40/h4,7-8,10-13,16,18H,5-6,9,14-15,17H2,1-3H3,(H,34,36,40). The number of carbonyl (C=O) groups is 2. The van der Waals surface area contributed by atoms with Crippen LogP contribution in [0.25, 0.3) is 0 Å². The maximum Gasteiger partial charge on any atom is 0.237 e. The van der Waals surface area contributed by atoms with E-state index >= 15 is 0 Å². The fourth-order valence-electron chi connectivity index (χ4n) is 6.37. The number of hydrogen-bond acceptors (Lipinski definition) is 6. The van der Waals surface area contributed by atoms with Crippen molar-refractivity contribution in [2.75, 3.05) is 18.4 Å². The quantitative estimate of drug-likeness (QED) is 0.494. The smallest absolute Gasteiger partial charge is 0.237 e. The molecule has 0 saturated heterocycles. The highest BCUT2D eigenvalue weighted by molar-refractivity contribution is 6.41. The van der Waals surface area contributed by atoms with Crippen LogP contribution in [0.2, 0.25) is 0 Å². The molecule has 6 rings (SSSR count). The van der Waals surface area contributed by atoms with E-state index < -0.39 is 22.7 Å². The molecule has 1 amide bonds. The second kappa shape index (κ2) is 9.66. The molecule has 9 heteroatoms. The molecular formula is C31H31F2N5O2. The first-order chi connectivity index (χ1) is 19.1. The van der Waals surface area contributed by atoms with E-state index in [4.69, 9.17) is 9.98 Å². The Balaban J connectivity index is 1.21. The molecule has 1 spiro atoms. The molecule has 206 valence electrons. The van der Waals surface area contributed by atoms with Gasteiger partial charge in [0.15, 0.2) is 5.78 Å². The molecule has 2 aromatic heterocycles. The number of fused-ring (bicyclic) bond motifs is 3. The predicted octanol–water partition coefficient (Wildman–Crippen LogP) is 4.53. The van der Waals surface area contributed by atoms with Gasteiger partial charge in [0.25, 0.3) is 0 Å². The number of nitrogens with zero attached hydrogens (tertiary/aromatic N) is 4. The monoisotopic (exact) mass is 543 g/mol. The van der Waals surface area contributed by atoms with Gasteiger partial charge in [0.1, 0.15) is 23.1 Å². The van der Waals surface area contributed by atoms with E-state index in [1.807, 2.05) is 44.0 Å². The molecule has 40 heavy (non-hydrogen) atoms. The molecule has 2 atom stereocenters. The van der Waals surface area contributed by atoms with Gasteiger partial charge in [0.05, 0.1) is 17.7 Å². The van der Waals surface area contributed by atoms with E-state index in [0.29, 0.717) is 49.3 Å². The van der Waals surface area contributed by atoms with Gasteiger partial charge >= 0.3 is 0 Å². The van der Waals surface area contributed by atoms with Gasteiger partial charge in [-0.25, -0.2) is 13.8 Å². The molecule has 0 saturated carbocycles. The SMILES string of the molecule is CC(C)C1=NC(C)(c2cc(F)cc(F)c2)N(CCCc2cnc3c(c2)CC2(C3)C(=O)Nc3ncccc32)CC1=O. The molecule has 3 aliphatic rings. The number of pyridine rings is 2. The average molecular weight is 544 g/mol. The number of nitrogens with one attached hydrogen (secondary N) is 1. The summed E-state index contributed by atoms with van der Waals surface area (Å²) in [6.07, 6.45) is 6.03. The molecule has 0 radical (unpaired) electrons. The highest BCUT2D eigenvalue weighted by atomic mass is 19.1. The second-order valence-electron chi connectivity index (χ2n) is 11.5. The van der Waals surface area contributed by atoms with E-state index in [2.05, 4.69) is 16.4 Å². The van der Waals surface area contributed by atoms with E-state index in [9.17, 15) is 18.4 Å². The molecule has 0 fully saturated rings. The number of aromatic nitrogens is 2. The van der Waals surface area contributed by atoms with E-state index in [1.54, 1.807) is 6.20 Å². The van der Waals surface area contributed by atoms with Crippen LogP contribution in [-0.4, -0.2) is 45.4 Å². The number of anilines is 1. The van der Waals surface area contributed by atoms with Crippen molar-refractivity contribution >= 4 is 23.2 Å². The van der Waals surface area contributed by atoms with Crippen molar-refractivity contribution in [2.45, 2.75) is 57.5 Å². The van der Waals surface area contributed by atoms with Crippen LogP contribution in [0.5, 0.6) is 0 Å². The number of carbonyl (C=O) groups excluding carboxylic acids is 2. The number of Topliss-reactive ketones (excluding diaryl/α,β-unsaturated/α-hetero) is 1. The Kier molecular flexibility index (Phi) is 6.37. The Morgan fingerprint density at radius 1 is 1.07 bits per heavy atom. The molecule has 1 N–H and O–H groups in total. The normalized spacial score (nSPS) is 23.9. The van der Waals surface area contributed by atoms with Gasteiger partial charge in [-0.1, -0.05) is 26.0 Å². The van der Waals surface area contributed by atoms with Crippen LogP contribution in [0, 0.1) is 17.6 Å². The van der Waals surface area contributed by atoms with E-state index in [-0.39, 0.29) is 24.2 Å².